The number of nitrogens with one attached hydrogen (secondary N) is 1. The first-order chi connectivity index (χ1) is 14.3. The molecule has 3 aromatic rings. The molecule has 2 heteroatoms. The van der Waals surface area contributed by atoms with Gasteiger partial charge in [0.2, 0.25) is 0 Å². The van der Waals surface area contributed by atoms with E-state index in [0.29, 0.717) is 0 Å². The fourth-order valence-corrected chi connectivity index (χ4v) is 5.05. The van der Waals surface area contributed by atoms with Crippen LogP contribution in [0.15, 0.2) is 103 Å². The van der Waals surface area contributed by atoms with Gasteiger partial charge in [-0.25, -0.2) is 0 Å². The van der Waals surface area contributed by atoms with E-state index in [2.05, 4.69) is 115 Å². The molecule has 1 nitrogen and oxygen atoms in total. The molecule has 1 N–H and O–H groups in total. The summed E-state index contributed by atoms with van der Waals surface area (Å²) >= 11 is 1.91. The average molecular weight is 398 g/mol. The topological polar surface area (TPSA) is 12.0 Å². The second-order valence-corrected chi connectivity index (χ2v) is 8.61. The third-order valence-corrected chi connectivity index (χ3v) is 6.60. The van der Waals surface area contributed by atoms with Crippen molar-refractivity contribution in [3.63, 3.8) is 0 Å². The second kappa shape index (κ2) is 9.30. The first kappa shape index (κ1) is 19.8. The van der Waals surface area contributed by atoms with Gasteiger partial charge in [-0.05, 0) is 47.4 Å². The number of thioether (sulfide) groups is 1. The largest absolute Gasteiger partial charge is 0.296 e. The van der Waals surface area contributed by atoms with Crippen LogP contribution in [0.4, 0.5) is 0 Å². The highest BCUT2D eigenvalue weighted by atomic mass is 32.2. The van der Waals surface area contributed by atoms with Crippen molar-refractivity contribution in [2.45, 2.75) is 24.6 Å². The summed E-state index contributed by atoms with van der Waals surface area (Å²) in [6, 6.07) is 32.2. The van der Waals surface area contributed by atoms with Crippen molar-refractivity contribution in [2.24, 2.45) is 0 Å². The highest BCUT2D eigenvalue weighted by Gasteiger charge is 2.35. The summed E-state index contributed by atoms with van der Waals surface area (Å²) in [6.07, 6.45) is 7.08. The number of rotatable bonds is 7. The lowest BCUT2D eigenvalue weighted by Gasteiger charge is -2.36. The van der Waals surface area contributed by atoms with Gasteiger partial charge in [-0.2, -0.15) is 0 Å². The maximum absolute atomic E-state index is 3.90. The fraction of sp³-hybridized carbons (Fsp3) is 0.185. The number of benzene rings is 3. The van der Waals surface area contributed by atoms with Crippen LogP contribution in [0.5, 0.6) is 0 Å². The molecule has 1 aliphatic heterocycles. The molecular weight excluding hydrogens is 370 g/mol. The number of allylic oxidation sites excluding steroid dienone is 2. The number of unbranched alkanes of at least 4 members (excludes halogenated alkanes) is 1. The van der Waals surface area contributed by atoms with E-state index in [4.69, 9.17) is 0 Å². The molecule has 1 aliphatic rings. The van der Waals surface area contributed by atoms with Gasteiger partial charge in [0.05, 0.1) is 0 Å². The zero-order valence-corrected chi connectivity index (χ0v) is 17.7. The molecule has 0 bridgehead atoms. The van der Waals surface area contributed by atoms with E-state index in [9.17, 15) is 0 Å². The van der Waals surface area contributed by atoms with Gasteiger partial charge in [0.25, 0.3) is 0 Å². The van der Waals surface area contributed by atoms with Gasteiger partial charge in [0.15, 0.2) is 0 Å². The van der Waals surface area contributed by atoms with Crippen LogP contribution in [-0.4, -0.2) is 6.54 Å². The molecule has 0 radical (unpaired) electrons. The molecule has 1 heterocycles. The summed E-state index contributed by atoms with van der Waals surface area (Å²) in [5.41, 5.74) is 5.06. The van der Waals surface area contributed by atoms with Crippen LogP contribution in [0.2, 0.25) is 0 Å². The standard InChI is InChI=1S/C27H27NS/c1-2-3-19-28-27(25-17-11-6-12-18-25)21-24(22-13-7-4-8-14-22)20-26(29-27)23-15-9-5-10-16-23/h4-18,20-21,28H,2-3,19H2,1H3. The van der Waals surface area contributed by atoms with Crippen LogP contribution < -0.4 is 5.32 Å². The highest BCUT2D eigenvalue weighted by molar-refractivity contribution is 8.09. The van der Waals surface area contributed by atoms with Crippen molar-refractivity contribution in [2.75, 3.05) is 6.54 Å². The third kappa shape index (κ3) is 4.55. The molecule has 3 aromatic carbocycles. The Kier molecular flexibility index (Phi) is 6.33. The maximum atomic E-state index is 3.90. The summed E-state index contributed by atoms with van der Waals surface area (Å²) in [4.78, 5) is 1.00. The Labute approximate surface area is 178 Å². The predicted molar refractivity (Wildman–Crippen MR) is 127 cm³/mol. The Morgan fingerprint density at radius 1 is 0.759 bits per heavy atom. The van der Waals surface area contributed by atoms with Gasteiger partial charge in [-0.1, -0.05) is 116 Å². The minimum absolute atomic E-state index is 0.290. The quantitative estimate of drug-likeness (QED) is 0.427. The SMILES string of the molecule is CCCCNC1(c2ccccc2)C=C(c2ccccc2)C=C(c2ccccc2)S1. The van der Waals surface area contributed by atoms with Gasteiger partial charge in [0.1, 0.15) is 4.87 Å². The summed E-state index contributed by atoms with van der Waals surface area (Å²) in [5.74, 6) is 0. The van der Waals surface area contributed by atoms with Crippen molar-refractivity contribution < 1.29 is 0 Å². The summed E-state index contributed by atoms with van der Waals surface area (Å²) in [7, 11) is 0. The Morgan fingerprint density at radius 2 is 1.34 bits per heavy atom. The first-order valence-corrected chi connectivity index (χ1v) is 11.2. The maximum Gasteiger partial charge on any atom is 0.114 e. The van der Waals surface area contributed by atoms with Crippen molar-refractivity contribution in [1.29, 1.82) is 0 Å². The molecule has 0 amide bonds. The molecule has 0 saturated heterocycles. The average Bonchev–Trinajstić information content (AvgIpc) is 2.81. The molecule has 0 saturated carbocycles. The second-order valence-electron chi connectivity index (χ2n) is 7.32. The van der Waals surface area contributed by atoms with Crippen LogP contribution in [0.25, 0.3) is 10.5 Å². The van der Waals surface area contributed by atoms with Crippen LogP contribution in [0.3, 0.4) is 0 Å². The van der Waals surface area contributed by atoms with E-state index in [0.717, 1.165) is 13.0 Å². The van der Waals surface area contributed by atoms with Gasteiger partial charge in [-0.3, -0.25) is 5.32 Å². The van der Waals surface area contributed by atoms with Crippen molar-refractivity contribution in [3.8, 4) is 0 Å². The van der Waals surface area contributed by atoms with Crippen molar-refractivity contribution >= 4 is 22.2 Å². The van der Waals surface area contributed by atoms with Gasteiger partial charge in [0, 0.05) is 4.91 Å². The highest BCUT2D eigenvalue weighted by Crippen LogP contribution is 2.49. The molecule has 146 valence electrons. The van der Waals surface area contributed by atoms with E-state index in [1.165, 1.54) is 33.6 Å². The molecule has 1 unspecified atom stereocenters. The Balaban J connectivity index is 1.85. The Morgan fingerprint density at radius 3 is 1.97 bits per heavy atom. The molecule has 0 spiro atoms. The Bertz CT molecular complexity index is 977. The predicted octanol–water partition coefficient (Wildman–Crippen LogP) is 7.10. The van der Waals surface area contributed by atoms with Crippen LogP contribution in [0.1, 0.15) is 36.5 Å². The fourth-order valence-electron chi connectivity index (χ4n) is 3.64. The lowest BCUT2D eigenvalue weighted by atomic mass is 9.96. The summed E-state index contributed by atoms with van der Waals surface area (Å²) in [5, 5.41) is 3.90. The first-order valence-electron chi connectivity index (χ1n) is 10.4. The third-order valence-electron chi connectivity index (χ3n) is 5.20. The van der Waals surface area contributed by atoms with E-state index in [1.54, 1.807) is 0 Å². The number of hydrogen-bond donors (Lipinski definition) is 1. The normalized spacial score (nSPS) is 18.8. The lowest BCUT2D eigenvalue weighted by molar-refractivity contribution is 0.554. The van der Waals surface area contributed by atoms with Crippen LogP contribution in [0, 0.1) is 0 Å². The monoisotopic (exact) mass is 397 g/mol. The zero-order valence-electron chi connectivity index (χ0n) is 16.8. The minimum atomic E-state index is -0.290. The molecule has 0 aliphatic carbocycles. The minimum Gasteiger partial charge on any atom is -0.296 e. The summed E-state index contributed by atoms with van der Waals surface area (Å²) in [6.45, 7) is 3.23. The number of hydrogen-bond acceptors (Lipinski definition) is 2. The molecule has 4 rings (SSSR count). The molecule has 0 fully saturated rings. The van der Waals surface area contributed by atoms with Crippen LogP contribution >= 0.6 is 11.8 Å². The van der Waals surface area contributed by atoms with Crippen LogP contribution in [-0.2, 0) is 4.87 Å². The summed E-state index contributed by atoms with van der Waals surface area (Å²) < 4.78 is 0. The van der Waals surface area contributed by atoms with Gasteiger partial charge >= 0.3 is 0 Å². The smallest absolute Gasteiger partial charge is 0.114 e. The molecule has 29 heavy (non-hydrogen) atoms. The lowest BCUT2D eigenvalue weighted by Crippen LogP contribution is -2.39. The molecular formula is C27H27NS. The van der Waals surface area contributed by atoms with Crippen molar-refractivity contribution in [3.05, 3.63) is 120 Å². The van der Waals surface area contributed by atoms with Gasteiger partial charge < -0.3 is 0 Å². The zero-order chi connectivity index (χ0) is 19.9. The molecule has 1 atom stereocenters. The van der Waals surface area contributed by atoms with E-state index >= 15 is 0 Å². The molecule has 0 aromatic heterocycles. The van der Waals surface area contributed by atoms with Gasteiger partial charge in [-0.15, -0.1) is 0 Å². The van der Waals surface area contributed by atoms with E-state index < -0.39 is 0 Å². The van der Waals surface area contributed by atoms with Crippen molar-refractivity contribution in [1.82, 2.24) is 5.32 Å². The van der Waals surface area contributed by atoms with E-state index in [-0.39, 0.29) is 4.87 Å². The van der Waals surface area contributed by atoms with E-state index in [1.807, 2.05) is 11.8 Å². The Hall–Kier alpha value is -2.55.